The molecule has 0 amide bonds. The molecule has 1 aliphatic heterocycles. The summed E-state index contributed by atoms with van der Waals surface area (Å²) in [6.07, 6.45) is 19.8. The van der Waals surface area contributed by atoms with Gasteiger partial charge in [0.1, 0.15) is 0 Å². The molecule has 1 saturated heterocycles. The van der Waals surface area contributed by atoms with Gasteiger partial charge < -0.3 is 26.7 Å². The highest BCUT2D eigenvalue weighted by molar-refractivity contribution is 6.87. The quantitative estimate of drug-likeness (QED) is 0.112. The Morgan fingerprint density at radius 3 is 0.818 bits per heavy atom. The first-order valence-electron chi connectivity index (χ1n) is 14.1. The van der Waals surface area contributed by atoms with E-state index >= 15 is 0 Å². The maximum absolute atomic E-state index is 11.3. The maximum Gasteiger partial charge on any atom is 0.483 e. The number of unbranched alkanes of at least 4 members (excludes halogenated alkanes) is 15. The minimum atomic E-state index is -3.64. The van der Waals surface area contributed by atoms with Crippen LogP contribution in [0.4, 0.5) is 0 Å². The van der Waals surface area contributed by atoms with E-state index < -0.39 is 26.4 Å². The predicted octanol–water partition coefficient (Wildman–Crippen LogP) is 6.92. The molecular formula is C24H54O6Si3. The van der Waals surface area contributed by atoms with E-state index in [0.29, 0.717) is 18.1 Å². The molecule has 198 valence electrons. The average Bonchev–Trinajstić information content (AvgIpc) is 2.74. The van der Waals surface area contributed by atoms with Gasteiger partial charge >= 0.3 is 26.4 Å². The van der Waals surface area contributed by atoms with Crippen LogP contribution in [0, 0.1) is 0 Å². The highest BCUT2D eigenvalue weighted by Crippen LogP contribution is 2.35. The van der Waals surface area contributed by atoms with Crippen molar-refractivity contribution in [2.75, 3.05) is 0 Å². The van der Waals surface area contributed by atoms with E-state index in [-0.39, 0.29) is 0 Å². The lowest BCUT2D eigenvalue weighted by Crippen LogP contribution is -2.71. The number of hydrogen-bond donors (Lipinski definition) is 3. The van der Waals surface area contributed by atoms with Gasteiger partial charge in [-0.1, -0.05) is 117 Å². The van der Waals surface area contributed by atoms with E-state index in [9.17, 15) is 14.4 Å². The Labute approximate surface area is 207 Å². The Morgan fingerprint density at radius 2 is 0.576 bits per heavy atom. The lowest BCUT2D eigenvalue weighted by molar-refractivity contribution is 0.0649. The Balaban J connectivity index is 2.64. The van der Waals surface area contributed by atoms with Gasteiger partial charge in [0.2, 0.25) is 0 Å². The molecule has 0 radical (unpaired) electrons. The summed E-state index contributed by atoms with van der Waals surface area (Å²) < 4.78 is 17.7. The van der Waals surface area contributed by atoms with Crippen molar-refractivity contribution in [1.29, 1.82) is 0 Å². The van der Waals surface area contributed by atoms with Crippen LogP contribution in [0.5, 0.6) is 0 Å². The molecule has 0 spiro atoms. The molecule has 0 saturated carbocycles. The van der Waals surface area contributed by atoms with Crippen LogP contribution in [0.25, 0.3) is 0 Å². The molecule has 9 heteroatoms. The second-order valence-electron chi connectivity index (χ2n) is 10.00. The summed E-state index contributed by atoms with van der Waals surface area (Å²) in [6, 6.07) is 1.21. The minimum absolute atomic E-state index is 0.403. The van der Waals surface area contributed by atoms with Crippen LogP contribution in [0.15, 0.2) is 0 Å². The van der Waals surface area contributed by atoms with Crippen LogP contribution in [-0.4, -0.2) is 40.8 Å². The molecule has 0 aromatic heterocycles. The van der Waals surface area contributed by atoms with Crippen molar-refractivity contribution in [2.24, 2.45) is 0 Å². The van der Waals surface area contributed by atoms with Gasteiger partial charge in [-0.2, -0.15) is 0 Å². The lowest BCUT2D eigenvalue weighted by atomic mass is 10.1. The van der Waals surface area contributed by atoms with Gasteiger partial charge in [-0.15, -0.1) is 0 Å². The van der Waals surface area contributed by atoms with E-state index in [4.69, 9.17) is 12.3 Å². The van der Waals surface area contributed by atoms with Crippen molar-refractivity contribution >= 4 is 26.4 Å². The van der Waals surface area contributed by atoms with Gasteiger partial charge in [0, 0.05) is 18.1 Å². The first-order chi connectivity index (χ1) is 15.8. The second kappa shape index (κ2) is 17.8. The zero-order valence-electron chi connectivity index (χ0n) is 21.9. The maximum atomic E-state index is 11.3. The van der Waals surface area contributed by atoms with Crippen LogP contribution in [0.1, 0.15) is 136 Å². The lowest BCUT2D eigenvalue weighted by Gasteiger charge is -2.45. The highest BCUT2D eigenvalue weighted by Gasteiger charge is 2.63. The highest BCUT2D eigenvalue weighted by atomic mass is 28.5. The third kappa shape index (κ3) is 14.5. The summed E-state index contributed by atoms with van der Waals surface area (Å²) >= 11 is 0. The van der Waals surface area contributed by atoms with Gasteiger partial charge in [-0.25, -0.2) is 0 Å². The van der Waals surface area contributed by atoms with Gasteiger partial charge in [0.15, 0.2) is 0 Å². The Kier molecular flexibility index (Phi) is 16.9. The molecule has 0 atom stereocenters. The third-order valence-electron chi connectivity index (χ3n) is 6.50. The Hall–Kier alpha value is 0.411. The monoisotopic (exact) mass is 522 g/mol. The smallest absolute Gasteiger partial charge is 0.391 e. The Bertz CT molecular complexity index is 411. The molecular weight excluding hydrogens is 469 g/mol. The fraction of sp³-hybridized carbons (Fsp3) is 1.00. The fourth-order valence-electron chi connectivity index (χ4n) is 4.50. The first-order valence-corrected chi connectivity index (χ1v) is 20.0. The molecule has 1 aliphatic rings. The summed E-state index contributed by atoms with van der Waals surface area (Å²) in [5.41, 5.74) is 0. The van der Waals surface area contributed by atoms with E-state index in [1.165, 1.54) is 57.8 Å². The largest absolute Gasteiger partial charge is 0.483 e. The average molecular weight is 523 g/mol. The molecule has 1 rings (SSSR count). The molecule has 0 unspecified atom stereocenters. The van der Waals surface area contributed by atoms with Crippen molar-refractivity contribution in [3.8, 4) is 0 Å². The van der Waals surface area contributed by atoms with Crippen LogP contribution in [-0.2, 0) is 12.3 Å². The van der Waals surface area contributed by atoms with Crippen LogP contribution < -0.4 is 0 Å². The summed E-state index contributed by atoms with van der Waals surface area (Å²) in [7, 11) is -10.9. The van der Waals surface area contributed by atoms with Gasteiger partial charge in [-0.3, -0.25) is 0 Å². The van der Waals surface area contributed by atoms with Crippen molar-refractivity contribution in [2.45, 2.75) is 154 Å². The van der Waals surface area contributed by atoms with Crippen LogP contribution in [0.3, 0.4) is 0 Å². The van der Waals surface area contributed by atoms with Crippen molar-refractivity contribution < 1.29 is 26.7 Å². The van der Waals surface area contributed by atoms with E-state index in [1.54, 1.807) is 0 Å². The zero-order chi connectivity index (χ0) is 24.5. The standard InChI is InChI=1S/C24H54O6Si3/c1-4-7-10-13-16-19-22-31(25)28-32(26,23-20-17-14-11-8-5-2)30-33(27,29-31)24-21-18-15-12-9-6-3/h25-27H,4-24H2,1-3H3. The molecule has 3 N–H and O–H groups in total. The molecule has 1 heterocycles. The van der Waals surface area contributed by atoms with Crippen molar-refractivity contribution in [3.05, 3.63) is 0 Å². The first kappa shape index (κ1) is 31.4. The topological polar surface area (TPSA) is 88.4 Å². The third-order valence-corrected chi connectivity index (χ3v) is 17.1. The second-order valence-corrected chi connectivity index (χ2v) is 18.2. The van der Waals surface area contributed by atoms with Crippen LogP contribution >= 0.6 is 0 Å². The van der Waals surface area contributed by atoms with Gasteiger partial charge in [-0.05, 0) is 19.3 Å². The normalized spacial score (nSPS) is 27.8. The van der Waals surface area contributed by atoms with Gasteiger partial charge in [0.05, 0.1) is 0 Å². The minimum Gasteiger partial charge on any atom is -0.391 e. The van der Waals surface area contributed by atoms with Crippen molar-refractivity contribution in [3.63, 3.8) is 0 Å². The summed E-state index contributed by atoms with van der Waals surface area (Å²) in [6.45, 7) is 6.59. The predicted molar refractivity (Wildman–Crippen MR) is 142 cm³/mol. The van der Waals surface area contributed by atoms with E-state index in [1.807, 2.05) is 0 Å². The molecule has 1 fully saturated rings. The van der Waals surface area contributed by atoms with E-state index in [0.717, 1.165) is 57.8 Å². The summed E-state index contributed by atoms with van der Waals surface area (Å²) in [5, 5.41) is 0. The molecule has 0 bridgehead atoms. The zero-order valence-corrected chi connectivity index (χ0v) is 24.9. The summed E-state index contributed by atoms with van der Waals surface area (Å²) in [5.74, 6) is 0. The van der Waals surface area contributed by atoms with E-state index in [2.05, 4.69) is 20.8 Å². The number of rotatable bonds is 21. The Morgan fingerprint density at radius 1 is 0.364 bits per heavy atom. The van der Waals surface area contributed by atoms with Crippen LogP contribution in [0.2, 0.25) is 18.1 Å². The molecule has 0 aliphatic carbocycles. The molecule has 6 nitrogen and oxygen atoms in total. The fourth-order valence-corrected chi connectivity index (χ4v) is 16.6. The SMILES string of the molecule is CCCCCCCC[Si]1(O)O[Si](O)(CCCCCCCC)O[Si](O)(CCCCCCCC)O1. The van der Waals surface area contributed by atoms with Gasteiger partial charge in [0.25, 0.3) is 0 Å². The molecule has 0 aromatic rings. The molecule has 33 heavy (non-hydrogen) atoms. The van der Waals surface area contributed by atoms with Crippen molar-refractivity contribution in [1.82, 2.24) is 0 Å². The summed E-state index contributed by atoms with van der Waals surface area (Å²) in [4.78, 5) is 33.8. The molecule has 0 aromatic carbocycles. The number of hydrogen-bond acceptors (Lipinski definition) is 6.